The SMILES string of the molecule is CCCCCCCCCCCCCCCC[N+](C)(CCCCC1O[C@H](C(O)C(=O)C(C)(C)C)[C@](O)(C(=O)C(C)(C)C)[C@@](O)(C(=O)C(C)(C)C)[C@]1(O)C(=O)C(C)(C)C)CCCS(=O)(=O)O. The molecule has 14 heteroatoms. The third-order valence-electron chi connectivity index (χ3n) is 13.2. The Hall–Kier alpha value is -1.65. The molecule has 1 aliphatic heterocycles. The number of aliphatic hydroxyl groups excluding tert-OH is 1. The molecule has 1 heterocycles. The summed E-state index contributed by atoms with van der Waals surface area (Å²) >= 11 is 0. The number of ether oxygens (including phenoxy) is 1. The number of ketones is 4. The Bertz CT molecular complexity index is 1620. The van der Waals surface area contributed by atoms with Crippen molar-refractivity contribution in [3.63, 3.8) is 0 Å². The monoisotopic (exact) mass is 933 g/mol. The van der Waals surface area contributed by atoms with Crippen LogP contribution in [0.3, 0.4) is 0 Å². The molecule has 7 atom stereocenters. The zero-order valence-corrected chi connectivity index (χ0v) is 43.6. The van der Waals surface area contributed by atoms with Gasteiger partial charge in [0.2, 0.25) is 5.60 Å². The summed E-state index contributed by atoms with van der Waals surface area (Å²) in [6, 6.07) is 0. The standard InChI is InChI=1S/C50H93NO12S/c1-15-16-17-18-19-20-21-22-23-24-25-26-27-29-33-51(14,35-31-36-64(60,61)62)34-30-28-32-37-48(57,41(54)45(5,6)7)50(59,43(56)47(11,12)13)49(58,42(55)46(8,9)10)40(63-37)38(52)39(53)44(2,3)4/h37-38,40,52,57-59H,15-36H2,1-14H3/p+1/t37?,38?,40-,48-,49+,50-,51?/m1/s1. The summed E-state index contributed by atoms with van der Waals surface area (Å²) in [6.07, 6.45) is 11.4. The maximum atomic E-state index is 14.9. The van der Waals surface area contributed by atoms with Crippen LogP contribution in [0.1, 0.15) is 206 Å². The van der Waals surface area contributed by atoms with Gasteiger partial charge in [0.05, 0.1) is 38.5 Å². The van der Waals surface area contributed by atoms with E-state index in [2.05, 4.69) is 6.92 Å². The Morgan fingerprint density at radius 1 is 0.562 bits per heavy atom. The molecule has 1 saturated heterocycles. The molecule has 0 spiro atoms. The summed E-state index contributed by atoms with van der Waals surface area (Å²) in [5, 5.41) is 51.1. The smallest absolute Gasteiger partial charge is 0.265 e. The van der Waals surface area contributed by atoms with E-state index in [0.29, 0.717) is 24.0 Å². The van der Waals surface area contributed by atoms with E-state index in [-0.39, 0.29) is 25.0 Å². The molecule has 1 fully saturated rings. The van der Waals surface area contributed by atoms with Crippen LogP contribution in [0.5, 0.6) is 0 Å². The van der Waals surface area contributed by atoms with Crippen molar-refractivity contribution in [2.24, 2.45) is 21.7 Å². The molecule has 0 aromatic heterocycles. The summed E-state index contributed by atoms with van der Waals surface area (Å²) in [7, 11) is -2.16. The van der Waals surface area contributed by atoms with Crippen molar-refractivity contribution in [3.05, 3.63) is 0 Å². The van der Waals surface area contributed by atoms with E-state index in [0.717, 1.165) is 32.2 Å². The number of aliphatic hydroxyl groups is 4. The average molecular weight is 933 g/mol. The van der Waals surface area contributed by atoms with Crippen LogP contribution >= 0.6 is 0 Å². The largest absolute Gasteiger partial charge is 0.382 e. The van der Waals surface area contributed by atoms with Crippen LogP contribution in [0.4, 0.5) is 0 Å². The van der Waals surface area contributed by atoms with E-state index >= 15 is 0 Å². The van der Waals surface area contributed by atoms with Crippen LogP contribution in [0.25, 0.3) is 0 Å². The zero-order chi connectivity index (χ0) is 49.8. The van der Waals surface area contributed by atoms with Crippen molar-refractivity contribution >= 4 is 33.3 Å². The maximum absolute atomic E-state index is 14.9. The fourth-order valence-corrected chi connectivity index (χ4v) is 9.87. The minimum Gasteiger partial charge on any atom is -0.382 e. The van der Waals surface area contributed by atoms with E-state index in [1.54, 1.807) is 0 Å². The predicted molar refractivity (Wildman–Crippen MR) is 253 cm³/mol. The number of nitrogens with zero attached hydrogens (tertiary/aromatic N) is 1. The molecule has 0 bridgehead atoms. The molecule has 13 nitrogen and oxygen atoms in total. The number of hydrogen-bond donors (Lipinski definition) is 5. The molecule has 1 rings (SSSR count). The van der Waals surface area contributed by atoms with Crippen LogP contribution in [0.15, 0.2) is 0 Å². The second kappa shape index (κ2) is 24.1. The van der Waals surface area contributed by atoms with Gasteiger partial charge in [0, 0.05) is 28.1 Å². The molecule has 0 aromatic carbocycles. The quantitative estimate of drug-likeness (QED) is 0.0273. The van der Waals surface area contributed by atoms with Gasteiger partial charge in [0.25, 0.3) is 10.1 Å². The van der Waals surface area contributed by atoms with Gasteiger partial charge >= 0.3 is 0 Å². The Kier molecular flexibility index (Phi) is 22.7. The van der Waals surface area contributed by atoms with Gasteiger partial charge in [-0.25, -0.2) is 0 Å². The van der Waals surface area contributed by atoms with Gasteiger partial charge in [-0.2, -0.15) is 8.42 Å². The molecule has 0 radical (unpaired) electrons. The summed E-state index contributed by atoms with van der Waals surface area (Å²) in [6.45, 7) is 21.3. The number of rotatable bonds is 29. The molecule has 1 aliphatic rings. The number of quaternary nitrogens is 1. The highest BCUT2D eigenvalue weighted by molar-refractivity contribution is 7.85. The number of hydrogen-bond acceptors (Lipinski definition) is 11. The highest BCUT2D eigenvalue weighted by Crippen LogP contribution is 2.54. The predicted octanol–water partition coefficient (Wildman–Crippen LogP) is 8.14. The maximum Gasteiger partial charge on any atom is 0.265 e. The molecule has 5 N–H and O–H groups in total. The van der Waals surface area contributed by atoms with Gasteiger partial charge in [0.1, 0.15) is 12.2 Å². The Morgan fingerprint density at radius 2 is 0.922 bits per heavy atom. The van der Waals surface area contributed by atoms with E-state index in [4.69, 9.17) is 4.74 Å². The molecular weight excluding hydrogens is 839 g/mol. The van der Waals surface area contributed by atoms with E-state index in [1.807, 2.05) is 7.05 Å². The zero-order valence-electron chi connectivity index (χ0n) is 42.7. The first kappa shape index (κ1) is 60.4. The lowest BCUT2D eigenvalue weighted by atomic mass is 9.51. The third-order valence-corrected chi connectivity index (χ3v) is 14.0. The van der Waals surface area contributed by atoms with Crippen LogP contribution in [0, 0.1) is 21.7 Å². The molecule has 0 saturated carbocycles. The molecule has 0 amide bonds. The second-order valence-corrected chi connectivity index (χ2v) is 25.2. The van der Waals surface area contributed by atoms with Gasteiger partial charge in [0.15, 0.2) is 34.3 Å². The number of carbonyl (C=O) groups is 4. The van der Waals surface area contributed by atoms with E-state index < -0.39 is 90.0 Å². The minimum atomic E-state index is -4.18. The lowest BCUT2D eigenvalue weighted by Crippen LogP contribution is -2.89. The highest BCUT2D eigenvalue weighted by atomic mass is 32.2. The topological polar surface area (TPSA) is 213 Å². The Morgan fingerprint density at radius 3 is 1.30 bits per heavy atom. The van der Waals surface area contributed by atoms with Gasteiger partial charge in [-0.05, 0) is 32.1 Å². The van der Waals surface area contributed by atoms with Crippen LogP contribution in [-0.4, -0.2) is 129 Å². The number of carbonyl (C=O) groups excluding carboxylic acids is 4. The number of unbranched alkanes of at least 4 members (excludes halogenated alkanes) is 14. The first-order chi connectivity index (χ1) is 29.0. The first-order valence-electron chi connectivity index (χ1n) is 24.5. The lowest BCUT2D eigenvalue weighted by Gasteiger charge is -2.62. The van der Waals surface area contributed by atoms with Crippen molar-refractivity contribution in [2.75, 3.05) is 32.4 Å². The molecule has 64 heavy (non-hydrogen) atoms. The van der Waals surface area contributed by atoms with Crippen molar-refractivity contribution in [1.82, 2.24) is 0 Å². The fourth-order valence-electron chi connectivity index (χ4n) is 9.38. The normalized spacial score (nSPS) is 25.2. The molecular formula is C50H94NO12S+. The average Bonchev–Trinajstić information content (AvgIpc) is 3.16. The fraction of sp³-hybridized carbons (Fsp3) is 0.920. The van der Waals surface area contributed by atoms with E-state index in [1.165, 1.54) is 147 Å². The number of Topliss-reactive ketones (excluding diaryl/α,β-unsaturated/α-hetero) is 4. The summed E-state index contributed by atoms with van der Waals surface area (Å²) in [5.74, 6) is -4.79. The Balaban J connectivity index is 3.54. The third kappa shape index (κ3) is 16.0. The van der Waals surface area contributed by atoms with Crippen LogP contribution < -0.4 is 0 Å². The summed E-state index contributed by atoms with van der Waals surface area (Å²) < 4.78 is 39.7. The first-order valence-corrected chi connectivity index (χ1v) is 26.1. The molecule has 0 aliphatic carbocycles. The van der Waals surface area contributed by atoms with Gasteiger partial charge in [-0.15, -0.1) is 0 Å². The summed E-state index contributed by atoms with van der Waals surface area (Å²) in [4.78, 5) is 58.1. The molecule has 376 valence electrons. The summed E-state index contributed by atoms with van der Waals surface area (Å²) in [5.41, 5.74) is -16.3. The molecule has 0 aromatic rings. The van der Waals surface area contributed by atoms with E-state index in [9.17, 15) is 52.6 Å². The second-order valence-electron chi connectivity index (χ2n) is 23.6. The van der Waals surface area contributed by atoms with Crippen LogP contribution in [-0.2, 0) is 34.0 Å². The molecule has 3 unspecified atom stereocenters. The van der Waals surface area contributed by atoms with Crippen molar-refractivity contribution in [1.29, 1.82) is 0 Å². The Labute approximate surface area is 388 Å². The van der Waals surface area contributed by atoms with Gasteiger partial charge < -0.3 is 29.6 Å². The lowest BCUT2D eigenvalue weighted by molar-refractivity contribution is -0.910. The van der Waals surface area contributed by atoms with Gasteiger partial charge in [-0.1, -0.05) is 167 Å². The van der Waals surface area contributed by atoms with Crippen LogP contribution in [0.2, 0.25) is 0 Å². The van der Waals surface area contributed by atoms with Crippen molar-refractivity contribution < 1.29 is 61.8 Å². The van der Waals surface area contributed by atoms with Crippen molar-refractivity contribution in [3.8, 4) is 0 Å². The highest BCUT2D eigenvalue weighted by Gasteiger charge is 2.82. The minimum absolute atomic E-state index is 0.200. The van der Waals surface area contributed by atoms with Crippen molar-refractivity contribution in [2.45, 2.75) is 241 Å². The van der Waals surface area contributed by atoms with Gasteiger partial charge in [-0.3, -0.25) is 23.7 Å².